The van der Waals surface area contributed by atoms with E-state index in [1.54, 1.807) is 0 Å². The lowest BCUT2D eigenvalue weighted by molar-refractivity contribution is 0.248. The van der Waals surface area contributed by atoms with Gasteiger partial charge in [0.05, 0.1) is 6.61 Å². The van der Waals surface area contributed by atoms with Crippen LogP contribution in [-0.4, -0.2) is 6.61 Å². The van der Waals surface area contributed by atoms with Crippen molar-refractivity contribution in [3.05, 3.63) is 28.2 Å². The summed E-state index contributed by atoms with van der Waals surface area (Å²) in [6.07, 6.45) is 2.39. The standard InChI is InChI=1S/C14H22BrNO/c1-4-5-10(2)9-17-14-8-12(15)6-7-13(14)11(3)16/h6-8,10-11H,4-5,9,16H2,1-3H3/t10?,11-/m0/s1. The Balaban J connectivity index is 2.71. The number of hydrogen-bond donors (Lipinski definition) is 1. The Morgan fingerprint density at radius 3 is 2.65 bits per heavy atom. The molecule has 0 saturated carbocycles. The van der Waals surface area contributed by atoms with Gasteiger partial charge in [-0.25, -0.2) is 0 Å². The van der Waals surface area contributed by atoms with Gasteiger partial charge in [0, 0.05) is 16.1 Å². The highest BCUT2D eigenvalue weighted by Crippen LogP contribution is 2.28. The fourth-order valence-electron chi connectivity index (χ4n) is 1.82. The first-order chi connectivity index (χ1) is 8.04. The van der Waals surface area contributed by atoms with E-state index >= 15 is 0 Å². The summed E-state index contributed by atoms with van der Waals surface area (Å²) >= 11 is 3.46. The lowest BCUT2D eigenvalue weighted by atomic mass is 10.1. The molecule has 0 aliphatic rings. The van der Waals surface area contributed by atoms with Crippen molar-refractivity contribution in [1.29, 1.82) is 0 Å². The van der Waals surface area contributed by atoms with Crippen LogP contribution in [0.2, 0.25) is 0 Å². The molecule has 2 nitrogen and oxygen atoms in total. The highest BCUT2D eigenvalue weighted by molar-refractivity contribution is 9.10. The van der Waals surface area contributed by atoms with E-state index in [1.807, 2.05) is 25.1 Å². The molecular weight excluding hydrogens is 278 g/mol. The lowest BCUT2D eigenvalue weighted by Crippen LogP contribution is -2.12. The van der Waals surface area contributed by atoms with Gasteiger partial charge < -0.3 is 10.5 Å². The molecule has 2 N–H and O–H groups in total. The number of rotatable bonds is 6. The molecule has 0 aromatic heterocycles. The third kappa shape index (κ3) is 4.68. The van der Waals surface area contributed by atoms with Gasteiger partial charge in [0.15, 0.2) is 0 Å². The topological polar surface area (TPSA) is 35.2 Å². The smallest absolute Gasteiger partial charge is 0.125 e. The average molecular weight is 300 g/mol. The van der Waals surface area contributed by atoms with Crippen LogP contribution in [0, 0.1) is 5.92 Å². The minimum absolute atomic E-state index is 0.000388. The molecule has 0 bridgehead atoms. The van der Waals surface area contributed by atoms with E-state index in [9.17, 15) is 0 Å². The van der Waals surface area contributed by atoms with Crippen molar-refractivity contribution in [2.75, 3.05) is 6.61 Å². The fraction of sp³-hybridized carbons (Fsp3) is 0.571. The predicted molar refractivity (Wildman–Crippen MR) is 76.3 cm³/mol. The Bertz CT molecular complexity index is 352. The largest absolute Gasteiger partial charge is 0.493 e. The molecule has 0 radical (unpaired) electrons. The van der Waals surface area contributed by atoms with Crippen LogP contribution >= 0.6 is 15.9 Å². The second kappa shape index (κ2) is 7.02. The Kier molecular flexibility index (Phi) is 6.00. The van der Waals surface area contributed by atoms with Crippen molar-refractivity contribution in [3.8, 4) is 5.75 Å². The van der Waals surface area contributed by atoms with Crippen LogP contribution in [0.5, 0.6) is 5.75 Å². The van der Waals surface area contributed by atoms with E-state index in [-0.39, 0.29) is 6.04 Å². The van der Waals surface area contributed by atoms with Crippen molar-refractivity contribution in [1.82, 2.24) is 0 Å². The van der Waals surface area contributed by atoms with Crippen LogP contribution in [0.25, 0.3) is 0 Å². The monoisotopic (exact) mass is 299 g/mol. The van der Waals surface area contributed by atoms with Gasteiger partial charge in [0.1, 0.15) is 5.75 Å². The highest BCUT2D eigenvalue weighted by atomic mass is 79.9. The molecule has 0 spiro atoms. The minimum atomic E-state index is -0.000388. The third-order valence-corrected chi connectivity index (χ3v) is 3.26. The van der Waals surface area contributed by atoms with Crippen LogP contribution < -0.4 is 10.5 Å². The van der Waals surface area contributed by atoms with E-state index in [0.29, 0.717) is 5.92 Å². The number of nitrogens with two attached hydrogens (primary N) is 1. The molecule has 0 fully saturated rings. The van der Waals surface area contributed by atoms with E-state index in [4.69, 9.17) is 10.5 Å². The maximum atomic E-state index is 5.93. The molecule has 1 aromatic carbocycles. The highest BCUT2D eigenvalue weighted by Gasteiger charge is 2.10. The van der Waals surface area contributed by atoms with E-state index in [0.717, 1.165) is 22.4 Å². The van der Waals surface area contributed by atoms with Gasteiger partial charge >= 0.3 is 0 Å². The van der Waals surface area contributed by atoms with Gasteiger partial charge in [-0.2, -0.15) is 0 Å². The number of benzene rings is 1. The molecule has 0 saturated heterocycles. The molecule has 0 heterocycles. The summed E-state index contributed by atoms with van der Waals surface area (Å²) < 4.78 is 6.91. The summed E-state index contributed by atoms with van der Waals surface area (Å²) in [6, 6.07) is 6.02. The SMILES string of the molecule is CCCC(C)COc1cc(Br)ccc1[C@H](C)N. The summed E-state index contributed by atoms with van der Waals surface area (Å²) in [5, 5.41) is 0. The molecule has 0 aliphatic heterocycles. The van der Waals surface area contributed by atoms with Gasteiger partial charge in [0.25, 0.3) is 0 Å². The van der Waals surface area contributed by atoms with Crippen LogP contribution in [0.4, 0.5) is 0 Å². The Morgan fingerprint density at radius 1 is 1.35 bits per heavy atom. The predicted octanol–water partition coefficient (Wildman–Crippen LogP) is 4.28. The first-order valence-electron chi connectivity index (χ1n) is 6.22. The van der Waals surface area contributed by atoms with Crippen molar-refractivity contribution in [2.24, 2.45) is 11.7 Å². The maximum Gasteiger partial charge on any atom is 0.125 e. The maximum absolute atomic E-state index is 5.93. The molecule has 3 heteroatoms. The quantitative estimate of drug-likeness (QED) is 0.851. The second-order valence-corrected chi connectivity index (χ2v) is 5.59. The first kappa shape index (κ1) is 14.5. The van der Waals surface area contributed by atoms with Crippen LogP contribution in [0.1, 0.15) is 45.2 Å². The van der Waals surface area contributed by atoms with E-state index in [2.05, 4.69) is 29.8 Å². The summed E-state index contributed by atoms with van der Waals surface area (Å²) in [4.78, 5) is 0. The third-order valence-electron chi connectivity index (χ3n) is 2.77. The number of halogens is 1. The van der Waals surface area contributed by atoms with Crippen LogP contribution in [0.3, 0.4) is 0 Å². The molecule has 96 valence electrons. The van der Waals surface area contributed by atoms with Gasteiger partial charge in [0.2, 0.25) is 0 Å². The van der Waals surface area contributed by atoms with Crippen molar-refractivity contribution < 1.29 is 4.74 Å². The fourth-order valence-corrected chi connectivity index (χ4v) is 2.16. The second-order valence-electron chi connectivity index (χ2n) is 4.68. The van der Waals surface area contributed by atoms with Gasteiger partial charge in [-0.1, -0.05) is 42.3 Å². The Hall–Kier alpha value is -0.540. The lowest BCUT2D eigenvalue weighted by Gasteiger charge is -2.17. The Labute approximate surface area is 113 Å². The normalized spacial score (nSPS) is 14.4. The molecule has 1 aromatic rings. The molecule has 0 aliphatic carbocycles. The van der Waals surface area contributed by atoms with Crippen molar-refractivity contribution in [2.45, 2.75) is 39.7 Å². The zero-order chi connectivity index (χ0) is 12.8. The molecule has 1 unspecified atom stereocenters. The number of ether oxygens (including phenoxy) is 1. The van der Waals surface area contributed by atoms with Crippen LogP contribution in [0.15, 0.2) is 22.7 Å². The summed E-state index contributed by atoms with van der Waals surface area (Å²) in [5.74, 6) is 1.48. The van der Waals surface area contributed by atoms with Crippen LogP contribution in [-0.2, 0) is 0 Å². The minimum Gasteiger partial charge on any atom is -0.493 e. The summed E-state index contributed by atoms with van der Waals surface area (Å²) in [6.45, 7) is 7.14. The van der Waals surface area contributed by atoms with E-state index < -0.39 is 0 Å². The van der Waals surface area contributed by atoms with Crippen molar-refractivity contribution in [3.63, 3.8) is 0 Å². The summed E-state index contributed by atoms with van der Waals surface area (Å²) in [5.41, 5.74) is 7.00. The number of hydrogen-bond acceptors (Lipinski definition) is 2. The Morgan fingerprint density at radius 2 is 2.06 bits per heavy atom. The molecule has 17 heavy (non-hydrogen) atoms. The molecular formula is C14H22BrNO. The zero-order valence-electron chi connectivity index (χ0n) is 10.9. The van der Waals surface area contributed by atoms with Gasteiger partial charge in [-0.3, -0.25) is 0 Å². The van der Waals surface area contributed by atoms with Crippen molar-refractivity contribution >= 4 is 15.9 Å². The first-order valence-corrected chi connectivity index (χ1v) is 7.01. The van der Waals surface area contributed by atoms with E-state index in [1.165, 1.54) is 12.8 Å². The molecule has 2 atom stereocenters. The zero-order valence-corrected chi connectivity index (χ0v) is 12.5. The molecule has 1 rings (SSSR count). The van der Waals surface area contributed by atoms with Gasteiger partial charge in [-0.15, -0.1) is 0 Å². The van der Waals surface area contributed by atoms with Gasteiger partial charge in [-0.05, 0) is 31.4 Å². The summed E-state index contributed by atoms with van der Waals surface area (Å²) in [7, 11) is 0. The average Bonchev–Trinajstić information content (AvgIpc) is 2.26. The molecule has 0 amide bonds.